The molecule has 20 heavy (non-hydrogen) atoms. The van der Waals surface area contributed by atoms with E-state index in [0.29, 0.717) is 17.3 Å². The first-order valence-corrected chi connectivity index (χ1v) is 9.97. The van der Waals surface area contributed by atoms with E-state index in [4.69, 9.17) is 0 Å². The Morgan fingerprint density at radius 1 is 1.40 bits per heavy atom. The van der Waals surface area contributed by atoms with Gasteiger partial charge in [0.1, 0.15) is 4.21 Å². The van der Waals surface area contributed by atoms with Crippen molar-refractivity contribution in [2.24, 2.45) is 0 Å². The van der Waals surface area contributed by atoms with Crippen LogP contribution in [-0.4, -0.2) is 49.9 Å². The molecule has 0 aliphatic carbocycles. The van der Waals surface area contributed by atoms with Gasteiger partial charge in [0.05, 0.1) is 0 Å². The van der Waals surface area contributed by atoms with E-state index < -0.39 is 10.0 Å². The van der Waals surface area contributed by atoms with Crippen LogP contribution in [0.3, 0.4) is 0 Å². The summed E-state index contributed by atoms with van der Waals surface area (Å²) >= 11 is 3.24. The molecule has 0 bridgehead atoms. The van der Waals surface area contributed by atoms with Crippen LogP contribution in [0.25, 0.3) is 0 Å². The molecule has 1 aliphatic rings. The summed E-state index contributed by atoms with van der Waals surface area (Å²) < 4.78 is 27.5. The molecule has 114 valence electrons. The Balaban J connectivity index is 2.15. The van der Waals surface area contributed by atoms with Gasteiger partial charge in [0, 0.05) is 28.5 Å². The van der Waals surface area contributed by atoms with E-state index in [1.807, 2.05) is 24.9 Å². The molecule has 1 fully saturated rings. The van der Waals surface area contributed by atoms with Crippen LogP contribution in [0.4, 0.5) is 0 Å². The van der Waals surface area contributed by atoms with Crippen LogP contribution in [-0.2, 0) is 16.4 Å². The summed E-state index contributed by atoms with van der Waals surface area (Å²) in [6.45, 7) is 6.27. The van der Waals surface area contributed by atoms with E-state index >= 15 is 0 Å². The molecule has 0 unspecified atom stereocenters. The monoisotopic (exact) mass is 334 g/mol. The molecule has 2 rings (SSSR count). The second-order valence-corrected chi connectivity index (χ2v) is 10.7. The molecule has 0 radical (unpaired) electrons. The lowest BCUT2D eigenvalue weighted by atomic mass is 10.2. The Morgan fingerprint density at radius 3 is 2.80 bits per heavy atom. The third-order valence-corrected chi connectivity index (χ3v) is 8.00. The highest BCUT2D eigenvalue weighted by Crippen LogP contribution is 2.34. The van der Waals surface area contributed by atoms with Gasteiger partial charge in [-0.05, 0) is 46.0 Å². The van der Waals surface area contributed by atoms with Crippen molar-refractivity contribution in [1.29, 1.82) is 0 Å². The van der Waals surface area contributed by atoms with Gasteiger partial charge >= 0.3 is 0 Å². The van der Waals surface area contributed by atoms with Crippen molar-refractivity contribution in [2.75, 3.05) is 32.4 Å². The normalized spacial score (nSPS) is 20.1. The molecule has 1 aromatic rings. The van der Waals surface area contributed by atoms with Crippen LogP contribution in [0.5, 0.6) is 0 Å². The molecular formula is C13H22N2O2S3. The van der Waals surface area contributed by atoms with E-state index in [0.717, 1.165) is 23.6 Å². The second-order valence-electron chi connectivity index (χ2n) is 5.52. The zero-order valence-corrected chi connectivity index (χ0v) is 14.6. The minimum atomic E-state index is -3.32. The van der Waals surface area contributed by atoms with Gasteiger partial charge in [-0.15, -0.1) is 11.3 Å². The van der Waals surface area contributed by atoms with Gasteiger partial charge in [-0.3, -0.25) is 0 Å². The summed E-state index contributed by atoms with van der Waals surface area (Å²) in [5, 5.41) is 3.08. The van der Waals surface area contributed by atoms with Crippen molar-refractivity contribution in [2.45, 2.75) is 29.2 Å². The average molecular weight is 335 g/mol. The minimum Gasteiger partial charge on any atom is -0.319 e. The van der Waals surface area contributed by atoms with Gasteiger partial charge in [-0.2, -0.15) is 16.1 Å². The van der Waals surface area contributed by atoms with Crippen molar-refractivity contribution in [3.63, 3.8) is 0 Å². The molecule has 1 saturated heterocycles. The smallest absolute Gasteiger partial charge is 0.252 e. The van der Waals surface area contributed by atoms with Crippen LogP contribution in [0.15, 0.2) is 16.3 Å². The Morgan fingerprint density at radius 2 is 2.15 bits per heavy atom. The van der Waals surface area contributed by atoms with Crippen molar-refractivity contribution in [3.8, 4) is 0 Å². The Bertz CT molecular complexity index is 552. The van der Waals surface area contributed by atoms with E-state index in [9.17, 15) is 8.42 Å². The van der Waals surface area contributed by atoms with Gasteiger partial charge in [0.2, 0.25) is 0 Å². The Kier molecular flexibility index (Phi) is 5.18. The van der Waals surface area contributed by atoms with Gasteiger partial charge in [-0.1, -0.05) is 0 Å². The third-order valence-electron chi connectivity index (χ3n) is 3.24. The fourth-order valence-corrected chi connectivity index (χ4v) is 6.61. The van der Waals surface area contributed by atoms with Crippen molar-refractivity contribution in [3.05, 3.63) is 17.0 Å². The van der Waals surface area contributed by atoms with Crippen LogP contribution < -0.4 is 5.32 Å². The maximum Gasteiger partial charge on any atom is 0.252 e. The Hall–Kier alpha value is -0.0800. The molecule has 1 N–H and O–H groups in total. The van der Waals surface area contributed by atoms with Gasteiger partial charge in [0.15, 0.2) is 0 Å². The topological polar surface area (TPSA) is 49.4 Å². The largest absolute Gasteiger partial charge is 0.319 e. The molecule has 0 amide bonds. The first kappa shape index (κ1) is 16.3. The quantitative estimate of drug-likeness (QED) is 0.895. The molecule has 0 atom stereocenters. The van der Waals surface area contributed by atoms with E-state index in [1.165, 1.54) is 11.3 Å². The number of nitrogens with zero attached hydrogens (tertiary/aromatic N) is 1. The highest BCUT2D eigenvalue weighted by atomic mass is 32.2. The lowest BCUT2D eigenvalue weighted by Gasteiger charge is -2.36. The predicted octanol–water partition coefficient (Wildman–Crippen LogP) is 2.03. The van der Waals surface area contributed by atoms with Crippen LogP contribution in [0, 0.1) is 0 Å². The molecule has 7 heteroatoms. The van der Waals surface area contributed by atoms with Gasteiger partial charge in [0.25, 0.3) is 10.0 Å². The SMILES string of the molecule is CNCCc1ccc(S(=O)(=O)N2CCSC(C)(C)C2)s1. The van der Waals surface area contributed by atoms with E-state index in [-0.39, 0.29) is 4.75 Å². The second kappa shape index (κ2) is 6.36. The summed E-state index contributed by atoms with van der Waals surface area (Å²) in [6, 6.07) is 3.68. The van der Waals surface area contributed by atoms with Gasteiger partial charge < -0.3 is 5.32 Å². The average Bonchev–Trinajstić information content (AvgIpc) is 2.84. The van der Waals surface area contributed by atoms with Crippen LogP contribution in [0.2, 0.25) is 0 Å². The lowest BCUT2D eigenvalue weighted by molar-refractivity contribution is 0.388. The zero-order valence-electron chi connectivity index (χ0n) is 12.2. The highest BCUT2D eigenvalue weighted by molar-refractivity contribution is 8.00. The number of rotatable bonds is 5. The number of likely N-dealkylation sites (N-methyl/N-ethyl adjacent to an activating group) is 1. The fourth-order valence-electron chi connectivity index (χ4n) is 2.18. The summed E-state index contributed by atoms with van der Waals surface area (Å²) in [4.78, 5) is 1.11. The Labute approximate surface area is 130 Å². The van der Waals surface area contributed by atoms with Gasteiger partial charge in [-0.25, -0.2) is 8.42 Å². The molecule has 1 aliphatic heterocycles. The first-order chi connectivity index (χ1) is 9.35. The maximum absolute atomic E-state index is 12.7. The van der Waals surface area contributed by atoms with Crippen LogP contribution >= 0.6 is 23.1 Å². The number of hydrogen-bond donors (Lipinski definition) is 1. The third kappa shape index (κ3) is 3.76. The molecular weight excluding hydrogens is 312 g/mol. The van der Waals surface area contributed by atoms with E-state index in [2.05, 4.69) is 19.2 Å². The number of nitrogens with one attached hydrogen (secondary N) is 1. The summed E-state index contributed by atoms with van der Waals surface area (Å²) in [7, 11) is -1.42. The summed E-state index contributed by atoms with van der Waals surface area (Å²) in [5.41, 5.74) is 0. The lowest BCUT2D eigenvalue weighted by Crippen LogP contribution is -2.45. The molecule has 0 spiro atoms. The number of thiophene rings is 1. The molecule has 0 saturated carbocycles. The van der Waals surface area contributed by atoms with Crippen molar-refractivity contribution >= 4 is 33.1 Å². The minimum absolute atomic E-state index is 0.00244. The summed E-state index contributed by atoms with van der Waals surface area (Å²) in [6.07, 6.45) is 0.873. The highest BCUT2D eigenvalue weighted by Gasteiger charge is 2.35. The molecule has 2 heterocycles. The van der Waals surface area contributed by atoms with Crippen LogP contribution in [0.1, 0.15) is 18.7 Å². The fraction of sp³-hybridized carbons (Fsp3) is 0.692. The standard InChI is InChI=1S/C13H22N2O2S3/c1-13(2)10-15(8-9-18-13)20(16,17)12-5-4-11(19-12)6-7-14-3/h4-5,14H,6-10H2,1-3H3. The predicted molar refractivity (Wildman–Crippen MR) is 87.2 cm³/mol. The number of hydrogen-bond acceptors (Lipinski definition) is 5. The van der Waals surface area contributed by atoms with Crippen molar-refractivity contribution in [1.82, 2.24) is 9.62 Å². The molecule has 4 nitrogen and oxygen atoms in total. The number of sulfonamides is 1. The zero-order chi connectivity index (χ0) is 14.8. The maximum atomic E-state index is 12.7. The molecule has 1 aromatic heterocycles. The van der Waals surface area contributed by atoms with Crippen molar-refractivity contribution < 1.29 is 8.42 Å². The summed E-state index contributed by atoms with van der Waals surface area (Å²) in [5.74, 6) is 0.865. The first-order valence-electron chi connectivity index (χ1n) is 6.72. The molecule has 0 aromatic carbocycles. The number of thioether (sulfide) groups is 1. The van der Waals surface area contributed by atoms with E-state index in [1.54, 1.807) is 10.4 Å².